The van der Waals surface area contributed by atoms with Crippen molar-refractivity contribution in [2.24, 2.45) is 5.73 Å². The number of amides is 1. The van der Waals surface area contributed by atoms with Crippen LogP contribution in [0.2, 0.25) is 0 Å². The predicted molar refractivity (Wildman–Crippen MR) is 73.2 cm³/mol. The molecule has 0 spiro atoms. The maximum absolute atomic E-state index is 11.8. The third-order valence-corrected chi connectivity index (χ3v) is 2.66. The summed E-state index contributed by atoms with van der Waals surface area (Å²) in [5.41, 5.74) is 7.29. The lowest BCUT2D eigenvalue weighted by atomic mass is 10.1. The van der Waals surface area contributed by atoms with Crippen molar-refractivity contribution < 1.29 is 4.79 Å². The van der Waals surface area contributed by atoms with Gasteiger partial charge in [-0.2, -0.15) is 0 Å². The molecule has 0 saturated carbocycles. The Morgan fingerprint density at radius 2 is 2.28 bits per heavy atom. The Kier molecular flexibility index (Phi) is 3.69. The summed E-state index contributed by atoms with van der Waals surface area (Å²) in [6.07, 6.45) is 3.81. The van der Waals surface area contributed by atoms with E-state index < -0.39 is 6.04 Å². The van der Waals surface area contributed by atoms with Crippen LogP contribution in [-0.2, 0) is 4.79 Å². The third-order valence-electron chi connectivity index (χ3n) is 2.66. The highest BCUT2D eigenvalue weighted by Gasteiger charge is 2.12. The minimum atomic E-state index is -0.575. The second-order valence-corrected chi connectivity index (χ2v) is 4.00. The van der Waals surface area contributed by atoms with Crippen molar-refractivity contribution >= 4 is 22.5 Å². The molecule has 0 aliphatic carbocycles. The molecule has 0 aliphatic heterocycles. The molecule has 0 aliphatic rings. The van der Waals surface area contributed by atoms with Crippen LogP contribution in [0.1, 0.15) is 6.42 Å². The van der Waals surface area contributed by atoms with Crippen LogP contribution in [-0.4, -0.2) is 16.9 Å². The fourth-order valence-corrected chi connectivity index (χ4v) is 1.72. The molecule has 4 heteroatoms. The molecule has 4 nitrogen and oxygen atoms in total. The quantitative estimate of drug-likeness (QED) is 0.805. The van der Waals surface area contributed by atoms with E-state index in [1.165, 1.54) is 0 Å². The Bertz CT molecular complexity index is 575. The molecule has 0 bridgehead atoms. The zero-order chi connectivity index (χ0) is 13.0. The van der Waals surface area contributed by atoms with Crippen molar-refractivity contribution in [3.63, 3.8) is 0 Å². The summed E-state index contributed by atoms with van der Waals surface area (Å²) in [7, 11) is 0. The van der Waals surface area contributed by atoms with Crippen LogP contribution in [0.15, 0.2) is 49.2 Å². The maximum Gasteiger partial charge on any atom is 0.241 e. The Hall–Kier alpha value is -2.20. The van der Waals surface area contributed by atoms with Crippen molar-refractivity contribution in [3.8, 4) is 0 Å². The number of nitrogens with zero attached hydrogens (tertiary/aromatic N) is 1. The van der Waals surface area contributed by atoms with Crippen LogP contribution in [0.5, 0.6) is 0 Å². The number of nitrogens with two attached hydrogens (primary N) is 1. The number of fused-ring (bicyclic) bond motifs is 1. The Morgan fingerprint density at radius 3 is 3.06 bits per heavy atom. The lowest BCUT2D eigenvalue weighted by Crippen LogP contribution is -2.35. The van der Waals surface area contributed by atoms with Gasteiger partial charge in [-0.05, 0) is 30.7 Å². The largest absolute Gasteiger partial charge is 0.324 e. The first-order valence-electron chi connectivity index (χ1n) is 5.73. The first-order chi connectivity index (χ1) is 8.72. The number of pyridine rings is 1. The van der Waals surface area contributed by atoms with E-state index in [2.05, 4.69) is 16.9 Å². The molecule has 1 unspecified atom stereocenters. The second-order valence-electron chi connectivity index (χ2n) is 4.00. The van der Waals surface area contributed by atoms with E-state index in [4.69, 9.17) is 5.73 Å². The minimum Gasteiger partial charge on any atom is -0.324 e. The summed E-state index contributed by atoms with van der Waals surface area (Å²) < 4.78 is 0. The Balaban J connectivity index is 2.26. The average Bonchev–Trinajstić information content (AvgIpc) is 2.39. The van der Waals surface area contributed by atoms with E-state index >= 15 is 0 Å². The topological polar surface area (TPSA) is 68.0 Å². The molecular weight excluding hydrogens is 226 g/mol. The van der Waals surface area contributed by atoms with Crippen LogP contribution in [0.25, 0.3) is 10.9 Å². The molecule has 18 heavy (non-hydrogen) atoms. The van der Waals surface area contributed by atoms with E-state index in [1.54, 1.807) is 12.3 Å². The van der Waals surface area contributed by atoms with Gasteiger partial charge in [-0.1, -0.05) is 12.1 Å². The van der Waals surface area contributed by atoms with Gasteiger partial charge in [-0.15, -0.1) is 6.58 Å². The zero-order valence-corrected chi connectivity index (χ0v) is 9.97. The molecule has 1 atom stereocenters. The van der Waals surface area contributed by atoms with Crippen LogP contribution in [0.3, 0.4) is 0 Å². The lowest BCUT2D eigenvalue weighted by molar-refractivity contribution is -0.117. The minimum absolute atomic E-state index is 0.216. The van der Waals surface area contributed by atoms with Gasteiger partial charge in [0, 0.05) is 11.6 Å². The van der Waals surface area contributed by atoms with E-state index in [-0.39, 0.29) is 5.91 Å². The predicted octanol–water partition coefficient (Wildman–Crippen LogP) is 2.08. The van der Waals surface area contributed by atoms with Crippen molar-refractivity contribution in [1.29, 1.82) is 0 Å². The highest BCUT2D eigenvalue weighted by Crippen LogP contribution is 2.21. The molecule has 0 fully saturated rings. The monoisotopic (exact) mass is 241 g/mol. The van der Waals surface area contributed by atoms with Crippen LogP contribution < -0.4 is 11.1 Å². The van der Waals surface area contributed by atoms with E-state index in [0.29, 0.717) is 6.42 Å². The molecule has 1 heterocycles. The third kappa shape index (κ3) is 2.55. The molecule has 0 saturated heterocycles. The molecule has 2 aromatic rings. The number of carbonyl (C=O) groups is 1. The van der Waals surface area contributed by atoms with Gasteiger partial charge < -0.3 is 11.1 Å². The summed E-state index contributed by atoms with van der Waals surface area (Å²) in [5.74, 6) is -0.216. The van der Waals surface area contributed by atoms with Crippen LogP contribution >= 0.6 is 0 Å². The summed E-state index contributed by atoms with van der Waals surface area (Å²) in [5, 5.41) is 3.72. The van der Waals surface area contributed by atoms with Gasteiger partial charge in [0.05, 0.1) is 17.2 Å². The SMILES string of the molecule is C=CCC(N)C(=O)Nc1cccc2ncccc12. The first-order valence-corrected chi connectivity index (χ1v) is 5.73. The van der Waals surface area contributed by atoms with Crippen molar-refractivity contribution in [2.75, 3.05) is 5.32 Å². The van der Waals surface area contributed by atoms with E-state index in [9.17, 15) is 4.79 Å². The summed E-state index contributed by atoms with van der Waals surface area (Å²) in [6.45, 7) is 3.57. The molecule has 1 amide bonds. The lowest BCUT2D eigenvalue weighted by Gasteiger charge is -2.11. The fraction of sp³-hybridized carbons (Fsp3) is 0.143. The number of nitrogens with one attached hydrogen (secondary N) is 1. The molecule has 1 aromatic heterocycles. The number of hydrogen-bond acceptors (Lipinski definition) is 3. The molecule has 3 N–H and O–H groups in total. The zero-order valence-electron chi connectivity index (χ0n) is 9.97. The van der Waals surface area contributed by atoms with E-state index in [0.717, 1.165) is 16.6 Å². The smallest absolute Gasteiger partial charge is 0.241 e. The number of carbonyl (C=O) groups excluding carboxylic acids is 1. The molecule has 2 rings (SSSR count). The van der Waals surface area contributed by atoms with Gasteiger partial charge in [-0.3, -0.25) is 9.78 Å². The number of benzene rings is 1. The molecular formula is C14H15N3O. The number of rotatable bonds is 4. The van der Waals surface area contributed by atoms with E-state index in [1.807, 2.05) is 30.3 Å². The van der Waals surface area contributed by atoms with Crippen molar-refractivity contribution in [2.45, 2.75) is 12.5 Å². The first kappa shape index (κ1) is 12.3. The molecule has 0 radical (unpaired) electrons. The highest BCUT2D eigenvalue weighted by molar-refractivity contribution is 6.02. The van der Waals surface area contributed by atoms with Gasteiger partial charge in [0.1, 0.15) is 0 Å². The highest BCUT2D eigenvalue weighted by atomic mass is 16.2. The molecule has 1 aromatic carbocycles. The standard InChI is InChI=1S/C14H15N3O/c1-2-5-11(15)14(18)17-13-8-3-7-12-10(13)6-4-9-16-12/h2-4,6-9,11H,1,5,15H2,(H,17,18). The normalized spacial score (nSPS) is 12.1. The van der Waals surface area contributed by atoms with Crippen molar-refractivity contribution in [1.82, 2.24) is 4.98 Å². The maximum atomic E-state index is 11.8. The number of anilines is 1. The van der Waals surface area contributed by atoms with Crippen LogP contribution in [0, 0.1) is 0 Å². The fourth-order valence-electron chi connectivity index (χ4n) is 1.72. The van der Waals surface area contributed by atoms with Gasteiger partial charge in [0.2, 0.25) is 5.91 Å². The number of aromatic nitrogens is 1. The van der Waals surface area contributed by atoms with Crippen molar-refractivity contribution in [3.05, 3.63) is 49.2 Å². The van der Waals surface area contributed by atoms with Gasteiger partial charge in [0.15, 0.2) is 0 Å². The average molecular weight is 241 g/mol. The Morgan fingerprint density at radius 1 is 1.44 bits per heavy atom. The van der Waals surface area contributed by atoms with Crippen LogP contribution in [0.4, 0.5) is 5.69 Å². The summed E-state index contributed by atoms with van der Waals surface area (Å²) in [6, 6.07) is 8.76. The summed E-state index contributed by atoms with van der Waals surface area (Å²) in [4.78, 5) is 16.1. The molecule has 92 valence electrons. The second kappa shape index (κ2) is 5.42. The Labute approximate surface area is 106 Å². The van der Waals surface area contributed by atoms with Gasteiger partial charge in [-0.25, -0.2) is 0 Å². The summed E-state index contributed by atoms with van der Waals surface area (Å²) >= 11 is 0. The van der Waals surface area contributed by atoms with Gasteiger partial charge >= 0.3 is 0 Å². The van der Waals surface area contributed by atoms with Gasteiger partial charge in [0.25, 0.3) is 0 Å². The number of hydrogen-bond donors (Lipinski definition) is 2.